The fourth-order valence-corrected chi connectivity index (χ4v) is 4.87. The summed E-state index contributed by atoms with van der Waals surface area (Å²) in [6, 6.07) is 5.45. The number of hydrogen-bond donors (Lipinski definition) is 1. The summed E-state index contributed by atoms with van der Waals surface area (Å²) < 4.78 is 72.4. The van der Waals surface area contributed by atoms with Crippen LogP contribution in [-0.2, 0) is 16.2 Å². The molecule has 0 aliphatic carbocycles. The summed E-state index contributed by atoms with van der Waals surface area (Å²) in [5, 5.41) is 0. The Kier molecular flexibility index (Phi) is 5.87. The molecule has 1 aliphatic rings. The number of benzene rings is 1. The van der Waals surface area contributed by atoms with Gasteiger partial charge in [-0.15, -0.1) is 0 Å². The lowest BCUT2D eigenvalue weighted by molar-refractivity contribution is -0.139. The molecule has 1 amide bonds. The normalized spacial score (nSPS) is 16.4. The minimum absolute atomic E-state index is 0.128. The standard InChI is InChI=1S/C17H16BrF3N2O4S/c18-11-3-4-15(13(10-11)17(19,20)21)28(25,26)22-12-5-7-23(8-6-12)16(24)14-2-1-9-27-14/h1-4,9-10,12,22H,5-8H2. The number of likely N-dealkylation sites (tertiary alicyclic amines) is 1. The van der Waals surface area contributed by atoms with Crippen molar-refractivity contribution in [2.45, 2.75) is 30.0 Å². The average molecular weight is 481 g/mol. The Bertz CT molecular complexity index is 953. The third-order valence-corrected chi connectivity index (χ3v) is 6.44. The average Bonchev–Trinajstić information content (AvgIpc) is 3.15. The smallest absolute Gasteiger partial charge is 0.417 e. The van der Waals surface area contributed by atoms with Gasteiger partial charge in [-0.2, -0.15) is 13.2 Å². The van der Waals surface area contributed by atoms with Crippen molar-refractivity contribution < 1.29 is 30.8 Å². The third kappa shape index (κ3) is 4.58. The van der Waals surface area contributed by atoms with Crippen molar-refractivity contribution in [2.24, 2.45) is 0 Å². The number of nitrogens with one attached hydrogen (secondary N) is 1. The van der Waals surface area contributed by atoms with Crippen LogP contribution in [0.2, 0.25) is 0 Å². The highest BCUT2D eigenvalue weighted by Gasteiger charge is 2.38. The molecule has 0 saturated carbocycles. The van der Waals surface area contributed by atoms with E-state index < -0.39 is 32.7 Å². The SMILES string of the molecule is O=C(c1ccco1)N1CCC(NS(=O)(=O)c2ccc(Br)cc2C(F)(F)F)CC1. The number of rotatable bonds is 4. The third-order valence-electron chi connectivity index (χ3n) is 4.37. The van der Waals surface area contributed by atoms with Crippen LogP contribution in [0.15, 0.2) is 50.4 Å². The van der Waals surface area contributed by atoms with Crippen molar-refractivity contribution >= 4 is 31.9 Å². The Morgan fingerprint density at radius 3 is 2.46 bits per heavy atom. The molecule has 0 unspecified atom stereocenters. The van der Waals surface area contributed by atoms with Crippen LogP contribution in [0.1, 0.15) is 29.0 Å². The molecule has 152 valence electrons. The first kappa shape index (κ1) is 20.9. The number of sulfonamides is 1. The lowest BCUT2D eigenvalue weighted by atomic mass is 10.1. The Balaban J connectivity index is 1.70. The van der Waals surface area contributed by atoms with E-state index in [1.54, 1.807) is 6.07 Å². The van der Waals surface area contributed by atoms with E-state index in [1.165, 1.54) is 23.3 Å². The molecular weight excluding hydrogens is 465 g/mol. The number of furan rings is 1. The number of alkyl halides is 3. The van der Waals surface area contributed by atoms with Gasteiger partial charge >= 0.3 is 6.18 Å². The van der Waals surface area contributed by atoms with Crippen molar-refractivity contribution in [1.29, 1.82) is 0 Å². The minimum Gasteiger partial charge on any atom is -0.459 e. The van der Waals surface area contributed by atoms with Crippen LogP contribution < -0.4 is 4.72 Å². The van der Waals surface area contributed by atoms with Crippen LogP contribution in [0.4, 0.5) is 13.2 Å². The summed E-state index contributed by atoms with van der Waals surface area (Å²) in [6.45, 7) is 0.526. The maximum absolute atomic E-state index is 13.2. The molecule has 2 aromatic rings. The molecule has 1 aromatic heterocycles. The topological polar surface area (TPSA) is 79.6 Å². The van der Waals surface area contributed by atoms with E-state index in [2.05, 4.69) is 20.7 Å². The van der Waals surface area contributed by atoms with Gasteiger partial charge in [-0.3, -0.25) is 4.79 Å². The second-order valence-electron chi connectivity index (χ2n) is 6.30. The fourth-order valence-electron chi connectivity index (χ4n) is 3.00. The van der Waals surface area contributed by atoms with E-state index in [9.17, 15) is 26.4 Å². The molecule has 6 nitrogen and oxygen atoms in total. The zero-order chi connectivity index (χ0) is 20.5. The number of carbonyl (C=O) groups is 1. The molecule has 1 aliphatic heterocycles. The maximum atomic E-state index is 13.2. The van der Waals surface area contributed by atoms with Crippen molar-refractivity contribution in [3.8, 4) is 0 Å². The highest BCUT2D eigenvalue weighted by Crippen LogP contribution is 2.36. The van der Waals surface area contributed by atoms with Gasteiger partial charge in [0.15, 0.2) is 5.76 Å². The molecule has 28 heavy (non-hydrogen) atoms. The first-order valence-electron chi connectivity index (χ1n) is 8.30. The second-order valence-corrected chi connectivity index (χ2v) is 8.90. The molecule has 0 bridgehead atoms. The van der Waals surface area contributed by atoms with Crippen LogP contribution in [0, 0.1) is 0 Å². The molecule has 1 saturated heterocycles. The van der Waals surface area contributed by atoms with Crippen molar-refractivity contribution in [1.82, 2.24) is 9.62 Å². The fraction of sp³-hybridized carbons (Fsp3) is 0.353. The van der Waals surface area contributed by atoms with E-state index in [1.807, 2.05) is 0 Å². The maximum Gasteiger partial charge on any atom is 0.417 e. The summed E-state index contributed by atoms with van der Waals surface area (Å²) in [5.41, 5.74) is -1.24. The molecule has 1 fully saturated rings. The summed E-state index contributed by atoms with van der Waals surface area (Å²) in [6.07, 6.45) is -2.87. The van der Waals surface area contributed by atoms with Gasteiger partial charge in [0.1, 0.15) is 0 Å². The lowest BCUT2D eigenvalue weighted by Gasteiger charge is -2.31. The van der Waals surface area contributed by atoms with E-state index in [-0.39, 0.29) is 42.1 Å². The van der Waals surface area contributed by atoms with E-state index in [0.717, 1.165) is 12.1 Å². The first-order chi connectivity index (χ1) is 13.1. The summed E-state index contributed by atoms with van der Waals surface area (Å²) in [5.74, 6) is -0.123. The van der Waals surface area contributed by atoms with E-state index in [4.69, 9.17) is 4.42 Å². The number of halogens is 4. The van der Waals surface area contributed by atoms with Crippen LogP contribution >= 0.6 is 15.9 Å². The van der Waals surface area contributed by atoms with Gasteiger partial charge in [-0.1, -0.05) is 15.9 Å². The van der Waals surface area contributed by atoms with Crippen LogP contribution in [-0.4, -0.2) is 38.4 Å². The zero-order valence-electron chi connectivity index (χ0n) is 14.4. The molecule has 11 heteroatoms. The monoisotopic (exact) mass is 480 g/mol. The van der Waals surface area contributed by atoms with Gasteiger partial charge in [-0.25, -0.2) is 13.1 Å². The van der Waals surface area contributed by atoms with Gasteiger partial charge in [0, 0.05) is 23.6 Å². The first-order valence-corrected chi connectivity index (χ1v) is 10.6. The zero-order valence-corrected chi connectivity index (χ0v) is 16.8. The van der Waals surface area contributed by atoms with Crippen molar-refractivity contribution in [2.75, 3.05) is 13.1 Å². The summed E-state index contributed by atoms with van der Waals surface area (Å²) >= 11 is 2.93. The Labute approximate surface area is 167 Å². The molecule has 1 N–H and O–H groups in total. The molecule has 0 atom stereocenters. The largest absolute Gasteiger partial charge is 0.459 e. The molecular formula is C17H16BrF3N2O4S. The Morgan fingerprint density at radius 1 is 1.21 bits per heavy atom. The lowest BCUT2D eigenvalue weighted by Crippen LogP contribution is -2.46. The predicted octanol–water partition coefficient (Wildman–Crippen LogP) is 3.64. The van der Waals surface area contributed by atoms with E-state index >= 15 is 0 Å². The van der Waals surface area contributed by atoms with Crippen LogP contribution in [0.3, 0.4) is 0 Å². The van der Waals surface area contributed by atoms with Gasteiger partial charge in [0.25, 0.3) is 5.91 Å². The second kappa shape index (κ2) is 7.88. The molecule has 0 spiro atoms. The van der Waals surface area contributed by atoms with Gasteiger partial charge in [0.05, 0.1) is 16.7 Å². The quantitative estimate of drug-likeness (QED) is 0.724. The number of carbonyl (C=O) groups excluding carboxylic acids is 1. The summed E-state index contributed by atoms with van der Waals surface area (Å²) in [4.78, 5) is 12.9. The Morgan fingerprint density at radius 2 is 1.89 bits per heavy atom. The van der Waals surface area contributed by atoms with E-state index in [0.29, 0.717) is 0 Å². The molecule has 2 heterocycles. The number of nitrogens with zero attached hydrogens (tertiary/aromatic N) is 1. The summed E-state index contributed by atoms with van der Waals surface area (Å²) in [7, 11) is -4.38. The highest BCUT2D eigenvalue weighted by molar-refractivity contribution is 9.10. The number of amides is 1. The number of hydrogen-bond acceptors (Lipinski definition) is 4. The van der Waals surface area contributed by atoms with Crippen molar-refractivity contribution in [3.63, 3.8) is 0 Å². The van der Waals surface area contributed by atoms with Gasteiger partial charge < -0.3 is 9.32 Å². The Hall–Kier alpha value is -1.85. The van der Waals surface area contributed by atoms with Crippen LogP contribution in [0.5, 0.6) is 0 Å². The number of piperidine rings is 1. The predicted molar refractivity (Wildman–Crippen MR) is 97.1 cm³/mol. The highest BCUT2D eigenvalue weighted by atomic mass is 79.9. The van der Waals surface area contributed by atoms with Gasteiger partial charge in [-0.05, 0) is 43.2 Å². The van der Waals surface area contributed by atoms with Gasteiger partial charge in [0.2, 0.25) is 10.0 Å². The van der Waals surface area contributed by atoms with Crippen LogP contribution in [0.25, 0.3) is 0 Å². The molecule has 0 radical (unpaired) electrons. The molecule has 1 aromatic carbocycles. The van der Waals surface area contributed by atoms with Crippen molar-refractivity contribution in [3.05, 3.63) is 52.4 Å². The molecule has 3 rings (SSSR count). The minimum atomic E-state index is -4.81.